The van der Waals surface area contributed by atoms with E-state index in [-0.39, 0.29) is 10.0 Å². The standard InChI is InChI=1S/C14H14ClN3O2S2/c1-10-5-7-13(8-6-10)22(19,20)18-17-14(21)16-12-4-2-3-11(15)9-12/h2-9,18H,1H3,(H2,16,17,21). The Morgan fingerprint density at radius 1 is 1.14 bits per heavy atom. The van der Waals surface area contributed by atoms with Crippen molar-refractivity contribution in [2.75, 3.05) is 5.32 Å². The van der Waals surface area contributed by atoms with Crippen molar-refractivity contribution in [2.24, 2.45) is 0 Å². The van der Waals surface area contributed by atoms with Gasteiger partial charge in [0.25, 0.3) is 10.0 Å². The largest absolute Gasteiger partial charge is 0.332 e. The van der Waals surface area contributed by atoms with Crippen molar-refractivity contribution in [3.8, 4) is 0 Å². The number of aryl methyl sites for hydroxylation is 1. The SMILES string of the molecule is Cc1ccc(S(=O)(=O)NNC(=S)Nc2cccc(Cl)c2)cc1. The number of benzene rings is 2. The third kappa shape index (κ3) is 4.67. The lowest BCUT2D eigenvalue weighted by atomic mass is 10.2. The van der Waals surface area contributed by atoms with E-state index in [0.29, 0.717) is 10.7 Å². The molecule has 0 spiro atoms. The van der Waals surface area contributed by atoms with E-state index in [2.05, 4.69) is 15.6 Å². The summed E-state index contributed by atoms with van der Waals surface area (Å²) in [5.41, 5.74) is 4.07. The van der Waals surface area contributed by atoms with E-state index in [9.17, 15) is 8.42 Å². The monoisotopic (exact) mass is 355 g/mol. The van der Waals surface area contributed by atoms with Gasteiger partial charge in [-0.15, -0.1) is 4.83 Å². The summed E-state index contributed by atoms with van der Waals surface area (Å²) < 4.78 is 24.1. The van der Waals surface area contributed by atoms with Crippen LogP contribution in [0.25, 0.3) is 0 Å². The predicted octanol–water partition coefficient (Wildman–Crippen LogP) is 2.83. The first kappa shape index (κ1) is 16.7. The maximum absolute atomic E-state index is 12.1. The Labute approximate surface area is 139 Å². The van der Waals surface area contributed by atoms with Gasteiger partial charge in [0, 0.05) is 10.7 Å². The highest BCUT2D eigenvalue weighted by atomic mass is 35.5. The molecule has 0 aliphatic rings. The zero-order valence-corrected chi connectivity index (χ0v) is 14.0. The third-order valence-corrected chi connectivity index (χ3v) is 4.42. The second kappa shape index (κ2) is 7.06. The summed E-state index contributed by atoms with van der Waals surface area (Å²) in [6.45, 7) is 1.88. The fraction of sp³-hybridized carbons (Fsp3) is 0.0714. The van der Waals surface area contributed by atoms with Crippen molar-refractivity contribution in [3.63, 3.8) is 0 Å². The van der Waals surface area contributed by atoms with E-state index in [1.165, 1.54) is 12.1 Å². The first-order valence-electron chi connectivity index (χ1n) is 6.28. The Bertz CT molecular complexity index is 777. The third-order valence-electron chi connectivity index (χ3n) is 2.71. The van der Waals surface area contributed by atoms with Gasteiger partial charge in [-0.3, -0.25) is 5.43 Å². The average Bonchev–Trinajstić information content (AvgIpc) is 2.46. The number of anilines is 1. The van der Waals surface area contributed by atoms with Gasteiger partial charge in [-0.25, -0.2) is 8.42 Å². The van der Waals surface area contributed by atoms with Crippen molar-refractivity contribution in [2.45, 2.75) is 11.8 Å². The molecule has 0 radical (unpaired) electrons. The van der Waals surface area contributed by atoms with E-state index >= 15 is 0 Å². The molecule has 0 saturated carbocycles. The van der Waals surface area contributed by atoms with Crippen LogP contribution in [0.15, 0.2) is 53.4 Å². The molecule has 0 bridgehead atoms. The fourth-order valence-electron chi connectivity index (χ4n) is 1.62. The van der Waals surface area contributed by atoms with E-state index in [1.807, 2.05) is 6.92 Å². The Balaban J connectivity index is 1.97. The van der Waals surface area contributed by atoms with Gasteiger partial charge in [0.1, 0.15) is 0 Å². The zero-order chi connectivity index (χ0) is 16.2. The van der Waals surface area contributed by atoms with Gasteiger partial charge in [0.15, 0.2) is 5.11 Å². The number of rotatable bonds is 4. The first-order chi connectivity index (χ1) is 10.4. The van der Waals surface area contributed by atoms with Crippen LogP contribution in [0.5, 0.6) is 0 Å². The number of halogens is 1. The van der Waals surface area contributed by atoms with Crippen molar-refractivity contribution < 1.29 is 8.42 Å². The highest BCUT2D eigenvalue weighted by molar-refractivity contribution is 7.89. The van der Waals surface area contributed by atoms with Crippen LogP contribution in [-0.2, 0) is 10.0 Å². The smallest absolute Gasteiger partial charge is 0.257 e. The number of sulfonamides is 1. The maximum atomic E-state index is 12.1. The predicted molar refractivity (Wildman–Crippen MR) is 92.3 cm³/mol. The summed E-state index contributed by atoms with van der Waals surface area (Å²) in [5, 5.41) is 3.48. The fourth-order valence-corrected chi connectivity index (χ4v) is 2.89. The molecule has 2 rings (SSSR count). The lowest BCUT2D eigenvalue weighted by Gasteiger charge is -2.12. The Kier molecular flexibility index (Phi) is 5.36. The van der Waals surface area contributed by atoms with Crippen molar-refractivity contribution in [1.82, 2.24) is 10.3 Å². The topological polar surface area (TPSA) is 70.2 Å². The second-order valence-corrected chi connectivity index (χ2v) is 7.04. The number of thiocarbonyl (C=S) groups is 1. The van der Waals surface area contributed by atoms with Crippen LogP contribution in [0, 0.1) is 6.92 Å². The molecule has 3 N–H and O–H groups in total. The molecule has 5 nitrogen and oxygen atoms in total. The molecule has 22 heavy (non-hydrogen) atoms. The Morgan fingerprint density at radius 3 is 2.45 bits per heavy atom. The van der Waals surface area contributed by atoms with Crippen LogP contribution in [0.2, 0.25) is 5.02 Å². The van der Waals surface area contributed by atoms with Crippen LogP contribution in [0.3, 0.4) is 0 Å². The molecular formula is C14H14ClN3O2S2. The van der Waals surface area contributed by atoms with Crippen molar-refractivity contribution in [1.29, 1.82) is 0 Å². The van der Waals surface area contributed by atoms with Crippen molar-refractivity contribution >= 4 is 44.6 Å². The minimum atomic E-state index is -3.69. The second-order valence-electron chi connectivity index (χ2n) is 4.51. The molecule has 0 aliphatic heterocycles. The molecule has 0 heterocycles. The van der Waals surface area contributed by atoms with Gasteiger partial charge in [-0.05, 0) is 49.5 Å². The van der Waals surface area contributed by atoms with Gasteiger partial charge in [0.2, 0.25) is 0 Å². The van der Waals surface area contributed by atoms with Gasteiger partial charge in [-0.1, -0.05) is 35.4 Å². The molecule has 0 amide bonds. The van der Waals surface area contributed by atoms with Gasteiger partial charge in [0.05, 0.1) is 4.90 Å². The summed E-state index contributed by atoms with van der Waals surface area (Å²) in [6.07, 6.45) is 0. The average molecular weight is 356 g/mol. The van der Waals surface area contributed by atoms with Gasteiger partial charge >= 0.3 is 0 Å². The van der Waals surface area contributed by atoms with Crippen LogP contribution < -0.4 is 15.6 Å². The summed E-state index contributed by atoms with van der Waals surface area (Å²) in [7, 11) is -3.69. The van der Waals surface area contributed by atoms with Crippen molar-refractivity contribution in [3.05, 3.63) is 59.1 Å². The number of hydrogen-bond acceptors (Lipinski definition) is 3. The maximum Gasteiger partial charge on any atom is 0.257 e. The van der Waals surface area contributed by atoms with Crippen LogP contribution >= 0.6 is 23.8 Å². The summed E-state index contributed by atoms with van der Waals surface area (Å²) >= 11 is 10.9. The molecule has 0 saturated heterocycles. The number of nitrogens with one attached hydrogen (secondary N) is 3. The molecule has 8 heteroatoms. The Morgan fingerprint density at radius 2 is 1.82 bits per heavy atom. The zero-order valence-electron chi connectivity index (χ0n) is 11.6. The van der Waals surface area contributed by atoms with E-state index in [1.54, 1.807) is 36.4 Å². The summed E-state index contributed by atoms with van der Waals surface area (Å²) in [4.78, 5) is 2.36. The molecule has 0 aliphatic carbocycles. The molecule has 0 aromatic heterocycles. The number of hydrogen-bond donors (Lipinski definition) is 3. The summed E-state index contributed by atoms with van der Waals surface area (Å²) in [6, 6.07) is 13.4. The van der Waals surface area contributed by atoms with Crippen LogP contribution in [0.4, 0.5) is 5.69 Å². The van der Waals surface area contributed by atoms with E-state index < -0.39 is 10.0 Å². The molecule has 0 fully saturated rings. The Hall–Kier alpha value is -1.67. The molecule has 2 aromatic carbocycles. The van der Waals surface area contributed by atoms with Gasteiger partial charge in [-0.2, -0.15) is 0 Å². The minimum Gasteiger partial charge on any atom is -0.332 e. The van der Waals surface area contributed by atoms with E-state index in [0.717, 1.165) is 5.56 Å². The molecule has 2 aromatic rings. The molecule has 0 unspecified atom stereocenters. The minimum absolute atomic E-state index is 0.109. The van der Waals surface area contributed by atoms with Crippen LogP contribution in [-0.4, -0.2) is 13.5 Å². The summed E-state index contributed by atoms with van der Waals surface area (Å²) in [5.74, 6) is 0. The normalized spacial score (nSPS) is 11.0. The van der Waals surface area contributed by atoms with Crippen LogP contribution in [0.1, 0.15) is 5.56 Å². The van der Waals surface area contributed by atoms with E-state index in [4.69, 9.17) is 23.8 Å². The molecule has 0 atom stereocenters. The highest BCUT2D eigenvalue weighted by Crippen LogP contribution is 2.14. The number of hydrazine groups is 1. The quantitative estimate of drug-likeness (QED) is 0.581. The lowest BCUT2D eigenvalue weighted by molar-refractivity contribution is 0.578. The molecular weight excluding hydrogens is 342 g/mol. The molecule has 116 valence electrons. The van der Waals surface area contributed by atoms with Gasteiger partial charge < -0.3 is 5.32 Å². The lowest BCUT2D eigenvalue weighted by Crippen LogP contribution is -2.43. The highest BCUT2D eigenvalue weighted by Gasteiger charge is 2.13. The first-order valence-corrected chi connectivity index (χ1v) is 8.55.